The number of aryl methyl sites for hydroxylation is 2. The summed E-state index contributed by atoms with van der Waals surface area (Å²) in [6, 6.07) is 9.42. The summed E-state index contributed by atoms with van der Waals surface area (Å²) < 4.78 is 7.08. The molecule has 32 heavy (non-hydrogen) atoms. The molecule has 3 aromatic heterocycles. The number of fused-ring (bicyclic) bond motifs is 1. The third kappa shape index (κ3) is 3.80. The maximum Gasteiger partial charge on any atom is 0.276 e. The molecule has 1 aliphatic heterocycles. The second-order valence-electron chi connectivity index (χ2n) is 7.72. The van der Waals surface area contributed by atoms with Crippen molar-refractivity contribution in [2.45, 2.75) is 19.4 Å². The van der Waals surface area contributed by atoms with E-state index in [0.29, 0.717) is 23.1 Å². The Bertz CT molecular complexity index is 1280. The molecule has 0 fully saturated rings. The SMILES string of the molecule is Cc1ccc(-c2cc(C(=O)N3Cc4cn(C)nc4[C@H](C(=O)Nc4nccs4)C3)no2)cc1. The summed E-state index contributed by atoms with van der Waals surface area (Å²) in [6.45, 7) is 2.53. The van der Waals surface area contributed by atoms with E-state index in [2.05, 4.69) is 20.6 Å². The van der Waals surface area contributed by atoms with Crippen molar-refractivity contribution in [2.24, 2.45) is 7.05 Å². The Morgan fingerprint density at radius 2 is 2.06 bits per heavy atom. The molecular formula is C22H20N6O3S. The minimum atomic E-state index is -0.615. The van der Waals surface area contributed by atoms with E-state index in [1.807, 2.05) is 37.4 Å². The van der Waals surface area contributed by atoms with E-state index >= 15 is 0 Å². The van der Waals surface area contributed by atoms with E-state index in [4.69, 9.17) is 4.52 Å². The maximum absolute atomic E-state index is 13.2. The van der Waals surface area contributed by atoms with E-state index in [0.717, 1.165) is 16.7 Å². The van der Waals surface area contributed by atoms with Gasteiger partial charge >= 0.3 is 0 Å². The quantitative estimate of drug-likeness (QED) is 0.514. The van der Waals surface area contributed by atoms with Gasteiger partial charge in [0.25, 0.3) is 5.91 Å². The molecule has 0 aliphatic carbocycles. The van der Waals surface area contributed by atoms with Crippen LogP contribution in [0.25, 0.3) is 11.3 Å². The number of anilines is 1. The van der Waals surface area contributed by atoms with Crippen molar-refractivity contribution >= 4 is 28.3 Å². The normalized spacial score (nSPS) is 15.4. The highest BCUT2D eigenvalue weighted by Crippen LogP contribution is 2.30. The first-order valence-electron chi connectivity index (χ1n) is 10.0. The van der Waals surface area contributed by atoms with E-state index in [9.17, 15) is 9.59 Å². The Hall–Kier alpha value is -3.79. The molecule has 4 aromatic rings. The summed E-state index contributed by atoms with van der Waals surface area (Å²) in [6.07, 6.45) is 3.46. The largest absolute Gasteiger partial charge is 0.355 e. The number of nitrogens with zero attached hydrogens (tertiary/aromatic N) is 5. The minimum Gasteiger partial charge on any atom is -0.355 e. The van der Waals surface area contributed by atoms with Crippen LogP contribution < -0.4 is 5.32 Å². The zero-order valence-electron chi connectivity index (χ0n) is 17.5. The monoisotopic (exact) mass is 448 g/mol. The Balaban J connectivity index is 1.39. The summed E-state index contributed by atoms with van der Waals surface area (Å²) >= 11 is 1.34. The molecule has 10 heteroatoms. The van der Waals surface area contributed by atoms with Crippen molar-refractivity contribution in [2.75, 3.05) is 11.9 Å². The van der Waals surface area contributed by atoms with Crippen LogP contribution in [-0.4, -0.2) is 43.2 Å². The van der Waals surface area contributed by atoms with E-state index in [1.165, 1.54) is 11.3 Å². The molecule has 0 radical (unpaired) electrons. The summed E-state index contributed by atoms with van der Waals surface area (Å²) in [5.41, 5.74) is 3.68. The van der Waals surface area contributed by atoms with Gasteiger partial charge in [0.1, 0.15) is 5.92 Å². The third-order valence-corrected chi connectivity index (χ3v) is 6.05. The molecule has 5 rings (SSSR count). The van der Waals surface area contributed by atoms with Gasteiger partial charge in [0.05, 0.1) is 5.69 Å². The van der Waals surface area contributed by atoms with Crippen LogP contribution >= 0.6 is 11.3 Å². The number of amides is 2. The Kier molecular flexibility index (Phi) is 5.06. The number of rotatable bonds is 4. The molecule has 1 aromatic carbocycles. The summed E-state index contributed by atoms with van der Waals surface area (Å²) in [5, 5.41) is 13.6. The molecular weight excluding hydrogens is 428 g/mol. The van der Waals surface area contributed by atoms with Gasteiger partial charge in [-0.25, -0.2) is 4.98 Å². The van der Waals surface area contributed by atoms with Gasteiger partial charge in [-0.3, -0.25) is 14.3 Å². The predicted molar refractivity (Wildman–Crippen MR) is 118 cm³/mol. The van der Waals surface area contributed by atoms with Gasteiger partial charge in [-0.15, -0.1) is 11.3 Å². The zero-order chi connectivity index (χ0) is 22.2. The highest BCUT2D eigenvalue weighted by molar-refractivity contribution is 7.13. The van der Waals surface area contributed by atoms with Gasteiger partial charge in [-0.1, -0.05) is 35.0 Å². The number of aromatic nitrogens is 4. The van der Waals surface area contributed by atoms with Gasteiger partial charge in [0, 0.05) is 55.1 Å². The number of hydrogen-bond acceptors (Lipinski definition) is 7. The standard InChI is InChI=1S/C22H20N6O3S/c1-13-3-5-14(6-4-13)18-9-17(26-31-18)21(30)28-11-15-10-27(2)25-19(15)16(12-28)20(29)24-22-23-7-8-32-22/h3-10,16H,11-12H2,1-2H3,(H,23,24,29)/t16-/m1/s1. The Morgan fingerprint density at radius 1 is 1.25 bits per heavy atom. The van der Waals surface area contributed by atoms with E-state index in [-0.39, 0.29) is 24.1 Å². The summed E-state index contributed by atoms with van der Waals surface area (Å²) in [7, 11) is 1.80. The molecule has 9 nitrogen and oxygen atoms in total. The Morgan fingerprint density at radius 3 is 2.81 bits per heavy atom. The second kappa shape index (κ2) is 8.04. The fourth-order valence-corrected chi connectivity index (χ4v) is 4.31. The van der Waals surface area contributed by atoms with Crippen LogP contribution in [0.4, 0.5) is 5.13 Å². The number of thiazole rings is 1. The lowest BCUT2D eigenvalue weighted by Gasteiger charge is -2.30. The van der Waals surface area contributed by atoms with Crippen molar-refractivity contribution in [1.29, 1.82) is 0 Å². The van der Waals surface area contributed by atoms with Gasteiger partial charge < -0.3 is 14.7 Å². The van der Waals surface area contributed by atoms with Gasteiger partial charge in [-0.05, 0) is 6.92 Å². The average Bonchev–Trinajstić information content (AvgIpc) is 3.53. The molecule has 0 bridgehead atoms. The first-order valence-corrected chi connectivity index (χ1v) is 10.9. The molecule has 0 saturated heterocycles. The summed E-state index contributed by atoms with van der Waals surface area (Å²) in [4.78, 5) is 31.9. The lowest BCUT2D eigenvalue weighted by Crippen LogP contribution is -2.42. The van der Waals surface area contributed by atoms with Crippen LogP contribution in [-0.2, 0) is 18.4 Å². The van der Waals surface area contributed by atoms with Crippen LogP contribution in [0.15, 0.2) is 52.6 Å². The molecule has 4 heterocycles. The van der Waals surface area contributed by atoms with Gasteiger partial charge in [0.15, 0.2) is 16.6 Å². The molecule has 0 saturated carbocycles. The fraction of sp³-hybridized carbons (Fsp3) is 0.227. The van der Waals surface area contributed by atoms with Crippen molar-refractivity contribution < 1.29 is 14.1 Å². The highest BCUT2D eigenvalue weighted by atomic mass is 32.1. The zero-order valence-corrected chi connectivity index (χ0v) is 18.3. The van der Waals surface area contributed by atoms with Crippen molar-refractivity contribution in [3.05, 3.63) is 70.6 Å². The first-order chi connectivity index (χ1) is 15.5. The number of hydrogen-bond donors (Lipinski definition) is 1. The van der Waals surface area contributed by atoms with Crippen LogP contribution in [0.3, 0.4) is 0 Å². The number of nitrogens with one attached hydrogen (secondary N) is 1. The maximum atomic E-state index is 13.2. The van der Waals surface area contributed by atoms with Crippen LogP contribution in [0.5, 0.6) is 0 Å². The summed E-state index contributed by atoms with van der Waals surface area (Å²) in [5.74, 6) is -0.645. The molecule has 1 aliphatic rings. The molecule has 0 spiro atoms. The topological polar surface area (TPSA) is 106 Å². The minimum absolute atomic E-state index is 0.187. The lowest BCUT2D eigenvalue weighted by molar-refractivity contribution is -0.118. The van der Waals surface area contributed by atoms with Crippen LogP contribution in [0.2, 0.25) is 0 Å². The molecule has 1 N–H and O–H groups in total. The second-order valence-corrected chi connectivity index (χ2v) is 8.62. The fourth-order valence-electron chi connectivity index (χ4n) is 3.78. The average molecular weight is 449 g/mol. The molecule has 1 atom stereocenters. The number of carbonyl (C=O) groups is 2. The number of carbonyl (C=O) groups excluding carboxylic acids is 2. The van der Waals surface area contributed by atoms with Crippen molar-refractivity contribution in [1.82, 2.24) is 24.8 Å². The van der Waals surface area contributed by atoms with Gasteiger partial charge in [-0.2, -0.15) is 5.10 Å². The Labute approximate surface area is 187 Å². The van der Waals surface area contributed by atoms with Crippen LogP contribution in [0, 0.1) is 6.92 Å². The van der Waals surface area contributed by atoms with E-state index < -0.39 is 5.92 Å². The van der Waals surface area contributed by atoms with Crippen LogP contribution in [0.1, 0.15) is 33.2 Å². The first kappa shape index (κ1) is 20.1. The smallest absolute Gasteiger partial charge is 0.276 e. The van der Waals surface area contributed by atoms with Crippen molar-refractivity contribution in [3.8, 4) is 11.3 Å². The molecule has 162 valence electrons. The molecule has 0 unspecified atom stereocenters. The van der Waals surface area contributed by atoms with Crippen molar-refractivity contribution in [3.63, 3.8) is 0 Å². The third-order valence-electron chi connectivity index (χ3n) is 5.36. The predicted octanol–water partition coefficient (Wildman–Crippen LogP) is 3.22. The molecule has 2 amide bonds. The number of benzene rings is 1. The highest BCUT2D eigenvalue weighted by Gasteiger charge is 2.36. The van der Waals surface area contributed by atoms with E-state index in [1.54, 1.807) is 34.3 Å². The van der Waals surface area contributed by atoms with Gasteiger partial charge in [0.2, 0.25) is 5.91 Å². The lowest BCUT2D eigenvalue weighted by atomic mass is 9.95.